The van der Waals surface area contributed by atoms with Crippen LogP contribution in [0.4, 0.5) is 0 Å². The Bertz CT molecular complexity index is 1180. The summed E-state index contributed by atoms with van der Waals surface area (Å²) >= 11 is 0. The summed E-state index contributed by atoms with van der Waals surface area (Å²) in [6.07, 6.45) is 1.69. The van der Waals surface area contributed by atoms with Gasteiger partial charge in [0.25, 0.3) is 0 Å². The Labute approximate surface area is 181 Å². The van der Waals surface area contributed by atoms with Gasteiger partial charge in [-0.05, 0) is 55.3 Å². The molecule has 4 rings (SSSR count). The first kappa shape index (κ1) is 20.5. The van der Waals surface area contributed by atoms with Crippen LogP contribution in [0.3, 0.4) is 0 Å². The van der Waals surface area contributed by atoms with Crippen LogP contribution in [0.2, 0.25) is 0 Å². The smallest absolute Gasteiger partial charge is 0.231 e. The lowest BCUT2D eigenvalue weighted by molar-refractivity contribution is 0.101. The van der Waals surface area contributed by atoms with Gasteiger partial charge in [0, 0.05) is 17.2 Å². The molecule has 0 spiro atoms. The van der Waals surface area contributed by atoms with E-state index >= 15 is 0 Å². The molecule has 3 aromatic carbocycles. The topological polar surface area (TPSA) is 54.0 Å². The molecule has 0 radical (unpaired) electrons. The average molecular weight is 416 g/mol. The monoisotopic (exact) mass is 416 g/mol. The largest absolute Gasteiger partial charge is 0.497 e. The third-order valence-corrected chi connectivity index (χ3v) is 5.41. The lowest BCUT2D eigenvalue weighted by atomic mass is 10.1. The SMILES string of the molecule is COc1ccc(/C=C2\Oc3c(ccc(OCc4ccccc4C)c3C)C2=O)c(OC)c1. The number of carbonyl (C=O) groups is 1. The standard InChI is InChI=1S/C26H24O5/c1-16-7-5-6-8-19(16)15-30-22-12-11-21-25(27)24(31-26(21)17(22)2)13-18-9-10-20(28-3)14-23(18)29-4/h5-14H,15H2,1-4H3/b24-13-. The predicted octanol–water partition coefficient (Wildman–Crippen LogP) is 5.52. The van der Waals surface area contributed by atoms with E-state index in [9.17, 15) is 4.79 Å². The second kappa shape index (κ2) is 8.56. The summed E-state index contributed by atoms with van der Waals surface area (Å²) in [7, 11) is 3.17. The minimum absolute atomic E-state index is 0.165. The number of ketones is 1. The van der Waals surface area contributed by atoms with E-state index in [1.165, 1.54) is 5.56 Å². The number of allylic oxidation sites excluding steroid dienone is 1. The number of Topliss-reactive ketones (excluding diaryl/α,β-unsaturated/α-hetero) is 1. The van der Waals surface area contributed by atoms with E-state index in [1.807, 2.05) is 43.3 Å². The van der Waals surface area contributed by atoms with Gasteiger partial charge in [-0.2, -0.15) is 0 Å². The molecular weight excluding hydrogens is 392 g/mol. The first-order chi connectivity index (χ1) is 15.0. The summed E-state index contributed by atoms with van der Waals surface area (Å²) in [6.45, 7) is 4.41. The summed E-state index contributed by atoms with van der Waals surface area (Å²) in [6, 6.07) is 17.1. The van der Waals surface area contributed by atoms with Gasteiger partial charge >= 0.3 is 0 Å². The lowest BCUT2D eigenvalue weighted by Crippen LogP contribution is -2.00. The normalized spacial score (nSPS) is 13.7. The van der Waals surface area contributed by atoms with Crippen molar-refractivity contribution in [3.8, 4) is 23.0 Å². The van der Waals surface area contributed by atoms with Crippen LogP contribution in [-0.4, -0.2) is 20.0 Å². The first-order valence-corrected chi connectivity index (χ1v) is 9.99. The Morgan fingerprint density at radius 2 is 1.74 bits per heavy atom. The Balaban J connectivity index is 1.60. The number of methoxy groups -OCH3 is 2. The number of benzene rings is 3. The molecule has 0 unspecified atom stereocenters. The third kappa shape index (κ3) is 3.99. The molecule has 0 saturated carbocycles. The zero-order valence-corrected chi connectivity index (χ0v) is 18.0. The molecule has 0 fully saturated rings. The second-order valence-corrected chi connectivity index (χ2v) is 7.33. The number of aryl methyl sites for hydroxylation is 1. The molecule has 0 atom stereocenters. The highest BCUT2D eigenvalue weighted by molar-refractivity contribution is 6.15. The fourth-order valence-corrected chi connectivity index (χ4v) is 3.53. The van der Waals surface area contributed by atoms with E-state index < -0.39 is 0 Å². The van der Waals surface area contributed by atoms with Crippen molar-refractivity contribution in [1.29, 1.82) is 0 Å². The highest BCUT2D eigenvalue weighted by Gasteiger charge is 2.30. The van der Waals surface area contributed by atoms with Crippen LogP contribution in [-0.2, 0) is 6.61 Å². The number of carbonyl (C=O) groups excluding carboxylic acids is 1. The highest BCUT2D eigenvalue weighted by Crippen LogP contribution is 2.40. The number of hydrogen-bond acceptors (Lipinski definition) is 5. The van der Waals surface area contributed by atoms with Crippen molar-refractivity contribution < 1.29 is 23.7 Å². The van der Waals surface area contributed by atoms with Gasteiger partial charge in [0.1, 0.15) is 29.6 Å². The summed E-state index contributed by atoms with van der Waals surface area (Å²) in [5, 5.41) is 0. The maximum absolute atomic E-state index is 12.9. The molecule has 3 aromatic rings. The van der Waals surface area contributed by atoms with Crippen LogP contribution >= 0.6 is 0 Å². The fourth-order valence-electron chi connectivity index (χ4n) is 3.53. The molecule has 1 aliphatic heterocycles. The molecule has 0 aromatic heterocycles. The Kier molecular flexibility index (Phi) is 5.67. The zero-order valence-electron chi connectivity index (χ0n) is 18.0. The first-order valence-electron chi connectivity index (χ1n) is 9.99. The van der Waals surface area contributed by atoms with Gasteiger partial charge in [-0.15, -0.1) is 0 Å². The maximum Gasteiger partial charge on any atom is 0.231 e. The van der Waals surface area contributed by atoms with E-state index in [2.05, 4.69) is 13.0 Å². The van der Waals surface area contributed by atoms with E-state index in [0.717, 1.165) is 16.7 Å². The predicted molar refractivity (Wildman–Crippen MR) is 119 cm³/mol. The number of hydrogen-bond donors (Lipinski definition) is 0. The molecule has 0 aliphatic carbocycles. The van der Waals surface area contributed by atoms with Gasteiger partial charge in [-0.1, -0.05) is 24.3 Å². The van der Waals surface area contributed by atoms with Crippen LogP contribution in [0, 0.1) is 13.8 Å². The summed E-state index contributed by atoms with van der Waals surface area (Å²) in [5.41, 5.74) is 4.34. The van der Waals surface area contributed by atoms with Crippen LogP contribution in [0.1, 0.15) is 32.6 Å². The minimum atomic E-state index is -0.165. The van der Waals surface area contributed by atoms with E-state index in [0.29, 0.717) is 35.2 Å². The van der Waals surface area contributed by atoms with Crippen LogP contribution in [0.15, 0.2) is 60.4 Å². The number of rotatable bonds is 6. The lowest BCUT2D eigenvalue weighted by Gasteiger charge is -2.12. The van der Waals surface area contributed by atoms with Crippen molar-refractivity contribution in [3.05, 3.63) is 88.2 Å². The van der Waals surface area contributed by atoms with Crippen LogP contribution < -0.4 is 18.9 Å². The van der Waals surface area contributed by atoms with E-state index in [-0.39, 0.29) is 11.5 Å². The van der Waals surface area contributed by atoms with Gasteiger partial charge in [0.05, 0.1) is 19.8 Å². The second-order valence-electron chi connectivity index (χ2n) is 7.33. The van der Waals surface area contributed by atoms with Crippen molar-refractivity contribution in [1.82, 2.24) is 0 Å². The molecule has 5 heteroatoms. The van der Waals surface area contributed by atoms with Crippen molar-refractivity contribution in [2.24, 2.45) is 0 Å². The maximum atomic E-state index is 12.9. The molecule has 1 heterocycles. The Morgan fingerprint density at radius 1 is 0.935 bits per heavy atom. The highest BCUT2D eigenvalue weighted by atomic mass is 16.5. The van der Waals surface area contributed by atoms with Crippen molar-refractivity contribution in [3.63, 3.8) is 0 Å². The molecule has 158 valence electrons. The van der Waals surface area contributed by atoms with E-state index in [1.54, 1.807) is 32.4 Å². The molecule has 5 nitrogen and oxygen atoms in total. The molecule has 1 aliphatic rings. The van der Waals surface area contributed by atoms with Crippen molar-refractivity contribution in [2.75, 3.05) is 14.2 Å². The average Bonchev–Trinajstić information content (AvgIpc) is 3.10. The zero-order chi connectivity index (χ0) is 22.0. The Morgan fingerprint density at radius 3 is 2.48 bits per heavy atom. The quantitative estimate of drug-likeness (QED) is 0.496. The number of fused-ring (bicyclic) bond motifs is 1. The third-order valence-electron chi connectivity index (χ3n) is 5.41. The molecular formula is C26H24O5. The molecule has 0 N–H and O–H groups in total. The van der Waals surface area contributed by atoms with Crippen LogP contribution in [0.25, 0.3) is 6.08 Å². The van der Waals surface area contributed by atoms with Gasteiger partial charge < -0.3 is 18.9 Å². The van der Waals surface area contributed by atoms with Gasteiger partial charge in [0.2, 0.25) is 5.78 Å². The Hall–Kier alpha value is -3.73. The molecule has 0 amide bonds. The van der Waals surface area contributed by atoms with Gasteiger partial charge in [-0.3, -0.25) is 4.79 Å². The summed E-state index contributed by atoms with van der Waals surface area (Å²) in [5.74, 6) is 2.58. The van der Waals surface area contributed by atoms with Crippen molar-refractivity contribution >= 4 is 11.9 Å². The minimum Gasteiger partial charge on any atom is -0.497 e. The molecule has 0 bridgehead atoms. The van der Waals surface area contributed by atoms with Crippen molar-refractivity contribution in [2.45, 2.75) is 20.5 Å². The molecule has 0 saturated heterocycles. The molecule has 31 heavy (non-hydrogen) atoms. The van der Waals surface area contributed by atoms with Crippen LogP contribution in [0.5, 0.6) is 23.0 Å². The fraction of sp³-hybridized carbons (Fsp3) is 0.192. The summed E-state index contributed by atoms with van der Waals surface area (Å²) < 4.78 is 22.7. The van der Waals surface area contributed by atoms with E-state index in [4.69, 9.17) is 18.9 Å². The van der Waals surface area contributed by atoms with Gasteiger partial charge in [0.15, 0.2) is 5.76 Å². The summed E-state index contributed by atoms with van der Waals surface area (Å²) in [4.78, 5) is 12.9. The van der Waals surface area contributed by atoms with Gasteiger partial charge in [-0.25, -0.2) is 0 Å². The number of ether oxygens (including phenoxy) is 4.